The van der Waals surface area contributed by atoms with E-state index in [0.29, 0.717) is 17.9 Å². The van der Waals surface area contributed by atoms with Crippen molar-refractivity contribution >= 4 is 11.3 Å². The smallest absolute Gasteiger partial charge is 0.122 e. The van der Waals surface area contributed by atoms with E-state index in [4.69, 9.17) is 4.74 Å². The molecule has 0 N–H and O–H groups in total. The number of thiophene rings is 1. The molecular formula is C28H48OS. The third-order valence-electron chi connectivity index (χ3n) is 5.06. The van der Waals surface area contributed by atoms with Crippen LogP contribution in [0.5, 0.6) is 5.75 Å². The molecule has 0 saturated heterocycles. The van der Waals surface area contributed by atoms with E-state index in [9.17, 15) is 0 Å². The summed E-state index contributed by atoms with van der Waals surface area (Å²) >= 11 is 1.94. The summed E-state index contributed by atoms with van der Waals surface area (Å²) in [6, 6.07) is 11.1. The molecule has 0 atom stereocenters. The topological polar surface area (TPSA) is 9.23 Å². The molecule has 172 valence electrons. The van der Waals surface area contributed by atoms with Crippen LogP contribution in [0, 0.1) is 6.92 Å². The fourth-order valence-electron chi connectivity index (χ4n) is 3.24. The summed E-state index contributed by atoms with van der Waals surface area (Å²) < 4.78 is 6.04. The van der Waals surface area contributed by atoms with Crippen LogP contribution in [0.1, 0.15) is 121 Å². The average Bonchev–Trinajstić information content (AvgIpc) is 3.45. The van der Waals surface area contributed by atoms with Crippen molar-refractivity contribution < 1.29 is 4.74 Å². The molecular weight excluding hydrogens is 384 g/mol. The molecule has 1 nitrogen and oxygen atoms in total. The summed E-state index contributed by atoms with van der Waals surface area (Å²) in [4.78, 5) is 3.01. The lowest BCUT2D eigenvalue weighted by molar-refractivity contribution is 0.208. The van der Waals surface area contributed by atoms with Gasteiger partial charge in [-0.2, -0.15) is 0 Å². The molecule has 0 spiro atoms. The van der Waals surface area contributed by atoms with Gasteiger partial charge in [0.2, 0.25) is 0 Å². The van der Waals surface area contributed by atoms with E-state index < -0.39 is 0 Å². The Morgan fingerprint density at radius 2 is 1.50 bits per heavy atom. The zero-order valence-corrected chi connectivity index (χ0v) is 22.3. The molecule has 3 rings (SSSR count). The normalized spacial score (nSPS) is 13.1. The SMILES string of the molecule is CC.CC.CCc1ccc(C(C)C)s1.Cc1cc(C(C)C)ccc1OC1CCCC1. The second-order valence-corrected chi connectivity index (χ2v) is 9.22. The van der Waals surface area contributed by atoms with Crippen LogP contribution in [0.25, 0.3) is 0 Å². The van der Waals surface area contributed by atoms with Gasteiger partial charge in [-0.1, -0.05) is 74.4 Å². The molecule has 30 heavy (non-hydrogen) atoms. The Hall–Kier alpha value is -1.28. The Morgan fingerprint density at radius 3 is 1.90 bits per heavy atom. The molecule has 1 saturated carbocycles. The quantitative estimate of drug-likeness (QED) is 0.456. The maximum absolute atomic E-state index is 6.04. The van der Waals surface area contributed by atoms with Crippen LogP contribution in [0.3, 0.4) is 0 Å². The maximum Gasteiger partial charge on any atom is 0.122 e. The molecule has 2 heteroatoms. The monoisotopic (exact) mass is 432 g/mol. The highest BCUT2D eigenvalue weighted by Crippen LogP contribution is 2.28. The number of benzene rings is 1. The van der Waals surface area contributed by atoms with E-state index >= 15 is 0 Å². The number of ether oxygens (including phenoxy) is 1. The minimum Gasteiger partial charge on any atom is -0.490 e. The second kappa shape index (κ2) is 16.4. The second-order valence-electron chi connectivity index (χ2n) is 8.02. The predicted octanol–water partition coefficient (Wildman–Crippen LogP) is 9.93. The highest BCUT2D eigenvalue weighted by atomic mass is 32.1. The van der Waals surface area contributed by atoms with E-state index in [0.717, 1.165) is 5.75 Å². The number of hydrogen-bond acceptors (Lipinski definition) is 2. The van der Waals surface area contributed by atoms with Crippen LogP contribution >= 0.6 is 11.3 Å². The first-order valence-corrected chi connectivity index (χ1v) is 13.1. The average molecular weight is 433 g/mol. The van der Waals surface area contributed by atoms with Gasteiger partial charge in [0.25, 0.3) is 0 Å². The Labute approximate surface area is 192 Å². The molecule has 0 bridgehead atoms. The highest BCUT2D eigenvalue weighted by Gasteiger charge is 2.17. The molecule has 1 aliphatic carbocycles. The van der Waals surface area contributed by atoms with Gasteiger partial charge in [-0.05, 0) is 80.2 Å². The molecule has 0 radical (unpaired) electrons. The van der Waals surface area contributed by atoms with Gasteiger partial charge in [0.05, 0.1) is 6.10 Å². The summed E-state index contributed by atoms with van der Waals surface area (Å²) in [5.41, 5.74) is 2.68. The van der Waals surface area contributed by atoms with E-state index in [1.165, 1.54) is 53.0 Å². The molecule has 0 unspecified atom stereocenters. The lowest BCUT2D eigenvalue weighted by Crippen LogP contribution is -2.11. The van der Waals surface area contributed by atoms with Crippen LogP contribution in [-0.4, -0.2) is 6.10 Å². The molecule has 1 heterocycles. The van der Waals surface area contributed by atoms with Crippen LogP contribution < -0.4 is 4.74 Å². The van der Waals surface area contributed by atoms with Crippen molar-refractivity contribution in [3.8, 4) is 5.75 Å². The molecule has 1 fully saturated rings. The Morgan fingerprint density at radius 1 is 0.900 bits per heavy atom. The van der Waals surface area contributed by atoms with Crippen LogP contribution in [0.15, 0.2) is 30.3 Å². The van der Waals surface area contributed by atoms with Gasteiger partial charge < -0.3 is 4.74 Å². The summed E-state index contributed by atoms with van der Waals surface area (Å²) in [6.07, 6.45) is 6.75. The van der Waals surface area contributed by atoms with Crippen LogP contribution in [-0.2, 0) is 6.42 Å². The Balaban J connectivity index is 0.000000518. The van der Waals surface area contributed by atoms with Gasteiger partial charge >= 0.3 is 0 Å². The van der Waals surface area contributed by atoms with Gasteiger partial charge in [-0.15, -0.1) is 11.3 Å². The summed E-state index contributed by atoms with van der Waals surface area (Å²) in [7, 11) is 0. The summed E-state index contributed by atoms with van der Waals surface area (Å²) in [6.45, 7) is 21.3. The predicted molar refractivity (Wildman–Crippen MR) is 139 cm³/mol. The first-order chi connectivity index (χ1) is 14.4. The van der Waals surface area contributed by atoms with Crippen molar-refractivity contribution in [2.75, 3.05) is 0 Å². The molecule has 1 aromatic carbocycles. The lowest BCUT2D eigenvalue weighted by Gasteiger charge is -2.16. The number of aryl methyl sites for hydroxylation is 2. The number of rotatable bonds is 5. The van der Waals surface area contributed by atoms with Crippen LogP contribution in [0.2, 0.25) is 0 Å². The fourth-order valence-corrected chi connectivity index (χ4v) is 4.20. The standard InChI is InChI=1S/C15H22O.C9H14S.2C2H6/c1-11(2)13-8-9-15(12(3)10-13)16-14-6-4-5-7-14;1-4-8-5-6-9(10-8)7(2)3;2*1-2/h8-11,14H,4-7H2,1-3H3;5-7H,4H2,1-3H3;2*1-2H3. The van der Waals surface area contributed by atoms with Gasteiger partial charge in [-0.25, -0.2) is 0 Å². The van der Waals surface area contributed by atoms with Gasteiger partial charge in [0.15, 0.2) is 0 Å². The van der Waals surface area contributed by atoms with E-state index in [1.54, 1.807) is 0 Å². The minimum atomic E-state index is 0.462. The lowest BCUT2D eigenvalue weighted by atomic mass is 10.0. The van der Waals surface area contributed by atoms with Crippen molar-refractivity contribution in [3.05, 3.63) is 51.2 Å². The van der Waals surface area contributed by atoms with Crippen molar-refractivity contribution in [3.63, 3.8) is 0 Å². The first-order valence-electron chi connectivity index (χ1n) is 12.3. The third-order valence-corrected chi connectivity index (χ3v) is 6.59. The van der Waals surface area contributed by atoms with Crippen molar-refractivity contribution in [1.82, 2.24) is 0 Å². The highest BCUT2D eigenvalue weighted by molar-refractivity contribution is 7.12. The van der Waals surface area contributed by atoms with E-state index in [-0.39, 0.29) is 0 Å². The van der Waals surface area contributed by atoms with Crippen molar-refractivity contribution in [2.24, 2.45) is 0 Å². The van der Waals surface area contributed by atoms with Crippen molar-refractivity contribution in [1.29, 1.82) is 0 Å². The third kappa shape index (κ3) is 10.2. The maximum atomic E-state index is 6.04. The van der Waals surface area contributed by atoms with Crippen molar-refractivity contribution in [2.45, 2.75) is 119 Å². The summed E-state index contributed by atoms with van der Waals surface area (Å²) in [5.74, 6) is 2.38. The molecule has 1 aromatic heterocycles. The van der Waals surface area contributed by atoms with E-state index in [2.05, 4.69) is 71.9 Å². The fraction of sp³-hybridized carbons (Fsp3) is 0.643. The largest absolute Gasteiger partial charge is 0.490 e. The molecule has 0 aliphatic heterocycles. The summed E-state index contributed by atoms with van der Waals surface area (Å²) in [5, 5.41) is 0. The Bertz CT molecular complexity index is 663. The Kier molecular flexibility index (Phi) is 15.7. The first kappa shape index (κ1) is 28.7. The molecule has 0 amide bonds. The molecule has 1 aliphatic rings. The van der Waals surface area contributed by atoms with Gasteiger partial charge in [0.1, 0.15) is 5.75 Å². The van der Waals surface area contributed by atoms with Gasteiger partial charge in [-0.3, -0.25) is 0 Å². The molecule has 2 aromatic rings. The zero-order valence-electron chi connectivity index (χ0n) is 21.5. The zero-order chi connectivity index (χ0) is 23.1. The van der Waals surface area contributed by atoms with Crippen LogP contribution in [0.4, 0.5) is 0 Å². The van der Waals surface area contributed by atoms with E-state index in [1.807, 2.05) is 39.0 Å². The minimum absolute atomic E-state index is 0.462. The number of hydrogen-bond donors (Lipinski definition) is 0. The van der Waals surface area contributed by atoms with Gasteiger partial charge in [0, 0.05) is 9.75 Å².